The molecule has 0 atom stereocenters. The van der Waals surface area contributed by atoms with Crippen molar-refractivity contribution in [3.8, 4) is 0 Å². The number of benzene rings is 1. The van der Waals surface area contributed by atoms with Gasteiger partial charge in [0.1, 0.15) is 0 Å². The zero-order valence-electron chi connectivity index (χ0n) is 10.3. The summed E-state index contributed by atoms with van der Waals surface area (Å²) in [6.45, 7) is 2.39. The van der Waals surface area contributed by atoms with Crippen molar-refractivity contribution in [3.05, 3.63) is 23.2 Å². The zero-order chi connectivity index (χ0) is 13.0. The van der Waals surface area contributed by atoms with Crippen LogP contribution in [0.15, 0.2) is 18.2 Å². The highest BCUT2D eigenvalue weighted by atomic mass is 35.5. The highest BCUT2D eigenvalue weighted by Gasteiger charge is 2.17. The van der Waals surface area contributed by atoms with E-state index in [0.29, 0.717) is 23.7 Å². The van der Waals surface area contributed by atoms with Crippen molar-refractivity contribution in [2.24, 2.45) is 0 Å². The highest BCUT2D eigenvalue weighted by Crippen LogP contribution is 2.22. The second-order valence-corrected chi connectivity index (χ2v) is 4.93. The van der Waals surface area contributed by atoms with Crippen LogP contribution in [0, 0.1) is 0 Å². The van der Waals surface area contributed by atoms with Gasteiger partial charge in [0.25, 0.3) is 0 Å². The number of nitrogens with zero attached hydrogens (tertiary/aromatic N) is 1. The minimum absolute atomic E-state index is 0.209. The Balaban J connectivity index is 1.81. The van der Waals surface area contributed by atoms with E-state index in [1.54, 1.807) is 18.2 Å². The Bertz CT molecular complexity index is 430. The lowest BCUT2D eigenvalue weighted by atomic mass is 10.2. The number of nitrogen functional groups attached to an aromatic ring is 1. The number of carbonyl (C=O) groups is 1. The summed E-state index contributed by atoms with van der Waals surface area (Å²) in [5, 5.41) is 3.79. The summed E-state index contributed by atoms with van der Waals surface area (Å²) < 4.78 is 0. The molecule has 0 unspecified atom stereocenters. The van der Waals surface area contributed by atoms with E-state index in [0.717, 1.165) is 31.6 Å². The predicted molar refractivity (Wildman–Crippen MR) is 74.8 cm³/mol. The summed E-state index contributed by atoms with van der Waals surface area (Å²) in [6.07, 6.45) is 2.74. The van der Waals surface area contributed by atoms with Crippen LogP contribution < -0.4 is 11.1 Å². The van der Waals surface area contributed by atoms with Gasteiger partial charge in [0.15, 0.2) is 0 Å². The second kappa shape index (κ2) is 5.96. The van der Waals surface area contributed by atoms with Gasteiger partial charge in [-0.2, -0.15) is 0 Å². The summed E-state index contributed by atoms with van der Waals surface area (Å²) in [4.78, 5) is 13.7. The summed E-state index contributed by atoms with van der Waals surface area (Å²) >= 11 is 5.89. The van der Waals surface area contributed by atoms with Gasteiger partial charge in [0, 0.05) is 31.1 Å². The largest absolute Gasteiger partial charge is 0.397 e. The fraction of sp³-hybridized carbons (Fsp3) is 0.462. The van der Waals surface area contributed by atoms with Crippen molar-refractivity contribution in [1.82, 2.24) is 4.90 Å². The maximum Gasteiger partial charge on any atom is 0.224 e. The van der Waals surface area contributed by atoms with Gasteiger partial charge in [-0.1, -0.05) is 11.6 Å². The Kier molecular flexibility index (Phi) is 4.31. The van der Waals surface area contributed by atoms with Crippen LogP contribution in [-0.4, -0.2) is 30.4 Å². The standard InChI is InChI=1S/C13H18ClN3O/c14-10-3-4-11(15)12(9-10)16-6-5-13(18)17-7-1-2-8-17/h3-4,9,16H,1-2,5-8,15H2. The highest BCUT2D eigenvalue weighted by molar-refractivity contribution is 6.31. The van der Waals surface area contributed by atoms with Gasteiger partial charge in [0.05, 0.1) is 11.4 Å². The number of nitrogens with one attached hydrogen (secondary N) is 1. The normalized spacial score (nSPS) is 14.8. The number of halogens is 1. The molecular formula is C13H18ClN3O. The van der Waals surface area contributed by atoms with Gasteiger partial charge >= 0.3 is 0 Å². The summed E-state index contributed by atoms with van der Waals surface area (Å²) in [7, 11) is 0. The van der Waals surface area contributed by atoms with Crippen LogP contribution in [0.4, 0.5) is 11.4 Å². The van der Waals surface area contributed by atoms with Crippen LogP contribution in [0.25, 0.3) is 0 Å². The molecule has 4 nitrogen and oxygen atoms in total. The molecule has 1 heterocycles. The third-order valence-corrected chi connectivity index (χ3v) is 3.36. The monoisotopic (exact) mass is 267 g/mol. The summed E-state index contributed by atoms with van der Waals surface area (Å²) in [6, 6.07) is 5.28. The fourth-order valence-electron chi connectivity index (χ4n) is 2.11. The van der Waals surface area contributed by atoms with Gasteiger partial charge in [-0.05, 0) is 31.0 Å². The number of nitrogens with two attached hydrogens (primary N) is 1. The van der Waals surface area contributed by atoms with Crippen LogP contribution in [0.2, 0.25) is 5.02 Å². The first-order valence-corrected chi connectivity index (χ1v) is 6.61. The van der Waals surface area contributed by atoms with Crippen LogP contribution in [-0.2, 0) is 4.79 Å². The smallest absolute Gasteiger partial charge is 0.224 e. The number of likely N-dealkylation sites (tertiary alicyclic amines) is 1. The maximum absolute atomic E-state index is 11.8. The molecular weight excluding hydrogens is 250 g/mol. The van der Waals surface area contributed by atoms with Crippen LogP contribution >= 0.6 is 11.6 Å². The van der Waals surface area contributed by atoms with Crippen molar-refractivity contribution in [3.63, 3.8) is 0 Å². The molecule has 2 rings (SSSR count). The van der Waals surface area contributed by atoms with E-state index < -0.39 is 0 Å². The molecule has 1 aromatic rings. The first-order valence-electron chi connectivity index (χ1n) is 6.23. The number of carbonyl (C=O) groups excluding carboxylic acids is 1. The number of amides is 1. The summed E-state index contributed by atoms with van der Waals surface area (Å²) in [5.74, 6) is 0.209. The molecule has 1 aromatic carbocycles. The molecule has 1 aliphatic rings. The molecule has 1 saturated heterocycles. The molecule has 3 N–H and O–H groups in total. The first-order chi connectivity index (χ1) is 8.66. The van der Waals surface area contributed by atoms with E-state index in [1.165, 1.54) is 0 Å². The lowest BCUT2D eigenvalue weighted by Crippen LogP contribution is -2.29. The minimum Gasteiger partial charge on any atom is -0.397 e. The van der Waals surface area contributed by atoms with E-state index in [2.05, 4.69) is 5.32 Å². The lowest BCUT2D eigenvalue weighted by molar-refractivity contribution is -0.129. The number of hydrogen-bond donors (Lipinski definition) is 2. The molecule has 0 spiro atoms. The zero-order valence-corrected chi connectivity index (χ0v) is 11.0. The van der Waals surface area contributed by atoms with E-state index >= 15 is 0 Å². The van der Waals surface area contributed by atoms with Crippen molar-refractivity contribution < 1.29 is 4.79 Å². The van der Waals surface area contributed by atoms with Crippen LogP contribution in [0.5, 0.6) is 0 Å². The first kappa shape index (κ1) is 13.0. The molecule has 0 radical (unpaired) electrons. The van der Waals surface area contributed by atoms with E-state index in [9.17, 15) is 4.79 Å². The van der Waals surface area contributed by atoms with Crippen LogP contribution in [0.1, 0.15) is 19.3 Å². The molecule has 0 bridgehead atoms. The predicted octanol–water partition coefficient (Wildman–Crippen LogP) is 2.35. The Morgan fingerprint density at radius 2 is 2.11 bits per heavy atom. The molecule has 1 fully saturated rings. The van der Waals surface area contributed by atoms with Gasteiger partial charge < -0.3 is 16.0 Å². The molecule has 0 aromatic heterocycles. The fourth-order valence-corrected chi connectivity index (χ4v) is 2.28. The molecule has 0 saturated carbocycles. The van der Waals surface area contributed by atoms with E-state index in [-0.39, 0.29) is 5.91 Å². The average molecular weight is 268 g/mol. The number of hydrogen-bond acceptors (Lipinski definition) is 3. The van der Waals surface area contributed by atoms with E-state index in [4.69, 9.17) is 17.3 Å². The summed E-state index contributed by atoms with van der Waals surface area (Å²) in [5.41, 5.74) is 7.25. The van der Waals surface area contributed by atoms with Gasteiger partial charge in [-0.3, -0.25) is 4.79 Å². The second-order valence-electron chi connectivity index (χ2n) is 4.50. The Labute approximate surface area is 112 Å². The number of anilines is 2. The Morgan fingerprint density at radius 3 is 2.83 bits per heavy atom. The van der Waals surface area contributed by atoms with Gasteiger partial charge in [0.2, 0.25) is 5.91 Å². The van der Waals surface area contributed by atoms with Crippen molar-refractivity contribution in [2.75, 3.05) is 30.7 Å². The third-order valence-electron chi connectivity index (χ3n) is 3.13. The number of rotatable bonds is 4. The molecule has 1 amide bonds. The molecule has 1 aliphatic heterocycles. The topological polar surface area (TPSA) is 58.4 Å². The Hall–Kier alpha value is -1.42. The lowest BCUT2D eigenvalue weighted by Gasteiger charge is -2.16. The molecule has 98 valence electrons. The maximum atomic E-state index is 11.8. The average Bonchev–Trinajstić information content (AvgIpc) is 2.87. The Morgan fingerprint density at radius 1 is 1.39 bits per heavy atom. The SMILES string of the molecule is Nc1ccc(Cl)cc1NCCC(=O)N1CCCC1. The molecule has 5 heteroatoms. The minimum atomic E-state index is 0.209. The van der Waals surface area contributed by atoms with Crippen molar-refractivity contribution in [1.29, 1.82) is 0 Å². The van der Waals surface area contributed by atoms with Gasteiger partial charge in [-0.25, -0.2) is 0 Å². The van der Waals surface area contributed by atoms with E-state index in [1.807, 2.05) is 4.90 Å². The quantitative estimate of drug-likeness (QED) is 0.824. The van der Waals surface area contributed by atoms with Crippen molar-refractivity contribution in [2.45, 2.75) is 19.3 Å². The van der Waals surface area contributed by atoms with Crippen LogP contribution in [0.3, 0.4) is 0 Å². The molecule has 0 aliphatic carbocycles. The molecule has 18 heavy (non-hydrogen) atoms. The third kappa shape index (κ3) is 3.29. The van der Waals surface area contributed by atoms with Crippen molar-refractivity contribution >= 4 is 28.9 Å². The van der Waals surface area contributed by atoms with Gasteiger partial charge in [-0.15, -0.1) is 0 Å².